The van der Waals surface area contributed by atoms with Crippen LogP contribution in [0.15, 0.2) is 72.8 Å². The standard InChI is InChI=1S/C24H20N2O2S/c1-16-7-13-20-22(15-16)29-24(26-20)18-8-11-19(12-9-18)25-23(27)14-10-17-5-3-4-6-21(17)28-2/h3-15H,1-2H3,(H,25,27). The zero-order valence-electron chi connectivity index (χ0n) is 16.2. The predicted octanol–water partition coefficient (Wildman–Crippen LogP) is 5.93. The van der Waals surface area contributed by atoms with E-state index in [0.717, 1.165) is 33.1 Å². The molecule has 0 saturated carbocycles. The maximum absolute atomic E-state index is 12.2. The van der Waals surface area contributed by atoms with Gasteiger partial charge in [-0.15, -0.1) is 11.3 Å². The van der Waals surface area contributed by atoms with Crippen LogP contribution in [0.5, 0.6) is 5.75 Å². The molecule has 0 bridgehead atoms. The Labute approximate surface area is 173 Å². The number of amides is 1. The third kappa shape index (κ3) is 4.36. The van der Waals surface area contributed by atoms with Crippen LogP contribution < -0.4 is 10.1 Å². The molecule has 3 aromatic carbocycles. The van der Waals surface area contributed by atoms with Gasteiger partial charge in [-0.3, -0.25) is 4.79 Å². The average molecular weight is 401 g/mol. The van der Waals surface area contributed by atoms with Crippen LogP contribution in [-0.2, 0) is 4.79 Å². The molecule has 4 rings (SSSR count). The zero-order valence-corrected chi connectivity index (χ0v) is 17.0. The average Bonchev–Trinajstić information content (AvgIpc) is 3.16. The van der Waals surface area contributed by atoms with Gasteiger partial charge in [0.1, 0.15) is 10.8 Å². The van der Waals surface area contributed by atoms with Crippen LogP contribution in [0.2, 0.25) is 0 Å². The number of hydrogen-bond acceptors (Lipinski definition) is 4. The molecule has 0 saturated heterocycles. The van der Waals surface area contributed by atoms with E-state index in [2.05, 4.69) is 24.4 Å². The highest BCUT2D eigenvalue weighted by Crippen LogP contribution is 2.31. The van der Waals surface area contributed by atoms with Crippen molar-refractivity contribution < 1.29 is 9.53 Å². The van der Waals surface area contributed by atoms with Gasteiger partial charge in [0, 0.05) is 22.9 Å². The summed E-state index contributed by atoms with van der Waals surface area (Å²) in [5.41, 5.74) is 4.86. The van der Waals surface area contributed by atoms with Crippen LogP contribution in [0.3, 0.4) is 0 Å². The normalized spacial score (nSPS) is 11.1. The smallest absolute Gasteiger partial charge is 0.248 e. The Morgan fingerprint density at radius 3 is 2.66 bits per heavy atom. The number of fused-ring (bicyclic) bond motifs is 1. The first-order valence-corrected chi connectivity index (χ1v) is 10.0. The number of aromatic nitrogens is 1. The van der Waals surface area contributed by atoms with Crippen molar-refractivity contribution in [1.29, 1.82) is 0 Å². The summed E-state index contributed by atoms with van der Waals surface area (Å²) in [5, 5.41) is 3.85. The van der Waals surface area contributed by atoms with E-state index < -0.39 is 0 Å². The van der Waals surface area contributed by atoms with E-state index in [1.807, 2.05) is 54.6 Å². The lowest BCUT2D eigenvalue weighted by Gasteiger charge is -2.05. The minimum absolute atomic E-state index is 0.195. The van der Waals surface area contributed by atoms with Crippen molar-refractivity contribution >= 4 is 39.2 Å². The number of benzene rings is 3. The van der Waals surface area contributed by atoms with Gasteiger partial charge < -0.3 is 10.1 Å². The van der Waals surface area contributed by atoms with E-state index in [4.69, 9.17) is 9.72 Å². The summed E-state index contributed by atoms with van der Waals surface area (Å²) in [4.78, 5) is 16.9. The van der Waals surface area contributed by atoms with Crippen LogP contribution in [-0.4, -0.2) is 18.0 Å². The van der Waals surface area contributed by atoms with Crippen molar-refractivity contribution in [2.75, 3.05) is 12.4 Å². The Bertz CT molecular complexity index is 1190. The van der Waals surface area contributed by atoms with Gasteiger partial charge in [0.05, 0.1) is 17.3 Å². The molecule has 5 heteroatoms. The number of thiazole rings is 1. The number of methoxy groups -OCH3 is 1. The molecule has 0 spiro atoms. The number of aryl methyl sites for hydroxylation is 1. The van der Waals surface area contributed by atoms with Gasteiger partial charge in [-0.2, -0.15) is 0 Å². The number of ether oxygens (including phenoxy) is 1. The second-order valence-corrected chi connectivity index (χ2v) is 7.66. The number of rotatable bonds is 5. The predicted molar refractivity (Wildman–Crippen MR) is 120 cm³/mol. The van der Waals surface area contributed by atoms with Crippen LogP contribution in [0.1, 0.15) is 11.1 Å². The van der Waals surface area contributed by atoms with Crippen molar-refractivity contribution in [1.82, 2.24) is 4.98 Å². The summed E-state index contributed by atoms with van der Waals surface area (Å²) in [6.45, 7) is 2.08. The lowest BCUT2D eigenvalue weighted by atomic mass is 10.2. The largest absolute Gasteiger partial charge is 0.496 e. The first kappa shape index (κ1) is 18.9. The van der Waals surface area contributed by atoms with E-state index in [1.165, 1.54) is 16.3 Å². The molecule has 0 aliphatic rings. The molecule has 1 aromatic heterocycles. The third-order valence-electron chi connectivity index (χ3n) is 4.50. The van der Waals surface area contributed by atoms with Gasteiger partial charge in [0.15, 0.2) is 0 Å². The molecule has 0 aliphatic carbocycles. The molecule has 0 unspecified atom stereocenters. The molecule has 0 radical (unpaired) electrons. The number of para-hydroxylation sites is 1. The molecule has 0 aliphatic heterocycles. The summed E-state index contributed by atoms with van der Waals surface area (Å²) in [5.74, 6) is 0.533. The fraction of sp³-hybridized carbons (Fsp3) is 0.0833. The van der Waals surface area contributed by atoms with Crippen molar-refractivity contribution in [3.8, 4) is 16.3 Å². The van der Waals surface area contributed by atoms with Crippen molar-refractivity contribution in [2.24, 2.45) is 0 Å². The quantitative estimate of drug-likeness (QED) is 0.422. The minimum Gasteiger partial charge on any atom is -0.496 e. The molecule has 4 aromatic rings. The van der Waals surface area contributed by atoms with Gasteiger partial charge in [-0.05, 0) is 61.0 Å². The van der Waals surface area contributed by atoms with E-state index in [0.29, 0.717) is 0 Å². The second kappa shape index (κ2) is 8.29. The number of carbonyl (C=O) groups is 1. The van der Waals surface area contributed by atoms with Crippen LogP contribution in [0, 0.1) is 6.92 Å². The summed E-state index contributed by atoms with van der Waals surface area (Å²) in [6.07, 6.45) is 3.24. The van der Waals surface area contributed by atoms with Gasteiger partial charge in [0.2, 0.25) is 5.91 Å². The zero-order chi connectivity index (χ0) is 20.2. The highest BCUT2D eigenvalue weighted by molar-refractivity contribution is 7.21. The molecule has 1 amide bonds. The van der Waals surface area contributed by atoms with Crippen molar-refractivity contribution in [3.63, 3.8) is 0 Å². The van der Waals surface area contributed by atoms with Gasteiger partial charge in [-0.25, -0.2) is 4.98 Å². The highest BCUT2D eigenvalue weighted by atomic mass is 32.1. The maximum Gasteiger partial charge on any atom is 0.248 e. The van der Waals surface area contributed by atoms with E-state index in [1.54, 1.807) is 24.5 Å². The number of nitrogens with one attached hydrogen (secondary N) is 1. The SMILES string of the molecule is COc1ccccc1C=CC(=O)Nc1ccc(-c2nc3ccc(C)cc3s2)cc1. The molecule has 144 valence electrons. The second-order valence-electron chi connectivity index (χ2n) is 6.63. The van der Waals surface area contributed by atoms with E-state index in [9.17, 15) is 4.79 Å². The van der Waals surface area contributed by atoms with Crippen molar-refractivity contribution in [3.05, 3.63) is 83.9 Å². The molecule has 29 heavy (non-hydrogen) atoms. The highest BCUT2D eigenvalue weighted by Gasteiger charge is 2.07. The van der Waals surface area contributed by atoms with Gasteiger partial charge in [-0.1, -0.05) is 24.3 Å². The number of nitrogens with zero attached hydrogens (tertiary/aromatic N) is 1. The Balaban J connectivity index is 1.46. The lowest BCUT2D eigenvalue weighted by Crippen LogP contribution is -2.07. The Hall–Kier alpha value is -3.44. The summed E-state index contributed by atoms with van der Waals surface area (Å²) in [7, 11) is 1.61. The molecule has 0 atom stereocenters. The molecular formula is C24H20N2O2S. The van der Waals surface area contributed by atoms with E-state index in [-0.39, 0.29) is 5.91 Å². The molecular weight excluding hydrogens is 380 g/mol. The lowest BCUT2D eigenvalue weighted by molar-refractivity contribution is -0.111. The fourth-order valence-corrected chi connectivity index (χ4v) is 4.07. The van der Waals surface area contributed by atoms with Crippen LogP contribution in [0.25, 0.3) is 26.9 Å². The Morgan fingerprint density at radius 2 is 1.86 bits per heavy atom. The topological polar surface area (TPSA) is 51.2 Å². The van der Waals surface area contributed by atoms with Gasteiger partial charge in [0.25, 0.3) is 0 Å². The molecule has 4 nitrogen and oxygen atoms in total. The first-order valence-electron chi connectivity index (χ1n) is 9.22. The van der Waals surface area contributed by atoms with Crippen molar-refractivity contribution in [2.45, 2.75) is 6.92 Å². The minimum atomic E-state index is -0.195. The number of hydrogen-bond donors (Lipinski definition) is 1. The van der Waals surface area contributed by atoms with Crippen LogP contribution in [0.4, 0.5) is 5.69 Å². The summed E-state index contributed by atoms with van der Waals surface area (Å²) >= 11 is 1.67. The van der Waals surface area contributed by atoms with Gasteiger partial charge >= 0.3 is 0 Å². The molecule has 1 heterocycles. The number of anilines is 1. The maximum atomic E-state index is 12.2. The molecule has 0 fully saturated rings. The Morgan fingerprint density at radius 1 is 1.07 bits per heavy atom. The third-order valence-corrected chi connectivity index (χ3v) is 5.56. The fourth-order valence-electron chi connectivity index (χ4n) is 3.00. The first-order chi connectivity index (χ1) is 14.1. The summed E-state index contributed by atoms with van der Waals surface area (Å²) < 4.78 is 6.47. The number of carbonyl (C=O) groups excluding carboxylic acids is 1. The monoisotopic (exact) mass is 400 g/mol. The van der Waals surface area contributed by atoms with Crippen LogP contribution >= 0.6 is 11.3 Å². The van der Waals surface area contributed by atoms with E-state index >= 15 is 0 Å². The molecule has 1 N–H and O–H groups in total. The Kier molecular flexibility index (Phi) is 5.40. The summed E-state index contributed by atoms with van der Waals surface area (Å²) in [6, 6.07) is 21.6.